The van der Waals surface area contributed by atoms with Gasteiger partial charge in [-0.1, -0.05) is 48.0 Å². The van der Waals surface area contributed by atoms with Gasteiger partial charge in [0.2, 0.25) is 5.95 Å². The number of nitrogens with one attached hydrogen (secondary N) is 2. The summed E-state index contributed by atoms with van der Waals surface area (Å²) in [6, 6.07) is 20.7. The molecule has 0 aliphatic carbocycles. The van der Waals surface area contributed by atoms with Crippen LogP contribution in [0.25, 0.3) is 11.0 Å². The number of benzene rings is 3. The molecule has 2 N–H and O–H groups in total. The van der Waals surface area contributed by atoms with E-state index in [0.717, 1.165) is 28.8 Å². The molecule has 5 aromatic rings. The fourth-order valence-corrected chi connectivity index (χ4v) is 4.62. The van der Waals surface area contributed by atoms with Gasteiger partial charge in [-0.25, -0.2) is 9.37 Å². The van der Waals surface area contributed by atoms with E-state index in [4.69, 9.17) is 11.6 Å². The van der Waals surface area contributed by atoms with Gasteiger partial charge in [-0.05, 0) is 60.0 Å². The number of aromatic nitrogens is 3. The van der Waals surface area contributed by atoms with Crippen LogP contribution in [0.1, 0.15) is 22.4 Å². The maximum absolute atomic E-state index is 15.0. The molecule has 2 heterocycles. The molecular weight excluding hydrogens is 551 g/mol. The first-order valence-electron chi connectivity index (χ1n) is 12.1. The maximum Gasteiger partial charge on any atom is 0.461 e. The summed E-state index contributed by atoms with van der Waals surface area (Å²) in [7, 11) is 0. The van der Waals surface area contributed by atoms with Crippen molar-refractivity contribution in [2.45, 2.75) is 31.4 Å². The van der Waals surface area contributed by atoms with Crippen LogP contribution < -0.4 is 10.1 Å². The molecule has 2 aromatic heterocycles. The van der Waals surface area contributed by atoms with Gasteiger partial charge < -0.3 is 15.0 Å². The molecule has 11 heteroatoms. The second kappa shape index (κ2) is 10.8. The van der Waals surface area contributed by atoms with Crippen LogP contribution in [0, 0.1) is 12.7 Å². The van der Waals surface area contributed by atoms with Crippen molar-refractivity contribution < 1.29 is 26.7 Å². The zero-order chi connectivity index (χ0) is 28.5. The van der Waals surface area contributed by atoms with E-state index in [2.05, 4.69) is 25.0 Å². The van der Waals surface area contributed by atoms with E-state index in [0.29, 0.717) is 22.3 Å². The Morgan fingerprint density at radius 3 is 2.48 bits per heavy atom. The number of pyridine rings is 1. The van der Waals surface area contributed by atoms with Crippen LogP contribution >= 0.6 is 11.6 Å². The molecular formula is C29H22ClF5N4O. The molecule has 0 spiro atoms. The normalized spacial score (nSPS) is 13.4. The molecule has 0 fully saturated rings. The number of anilines is 1. The molecule has 0 saturated heterocycles. The van der Waals surface area contributed by atoms with E-state index in [1.807, 2.05) is 55.5 Å². The lowest BCUT2D eigenvalue weighted by molar-refractivity contribution is -0.253. The number of ether oxygens (including phenoxy) is 1. The van der Waals surface area contributed by atoms with Crippen LogP contribution in [0.4, 0.5) is 27.9 Å². The van der Waals surface area contributed by atoms with Gasteiger partial charge in [-0.3, -0.25) is 4.98 Å². The minimum atomic E-state index is -4.84. The molecule has 0 aliphatic heterocycles. The van der Waals surface area contributed by atoms with Crippen molar-refractivity contribution in [3.8, 4) is 5.75 Å². The molecule has 5 rings (SSSR count). The Balaban J connectivity index is 1.73. The molecule has 0 aliphatic rings. The van der Waals surface area contributed by atoms with Crippen LogP contribution in [-0.2, 0) is 12.0 Å². The largest absolute Gasteiger partial charge is 0.461 e. The number of hydrogen-bond acceptors (Lipinski definition) is 4. The number of imidazole rings is 1. The molecule has 0 unspecified atom stereocenters. The van der Waals surface area contributed by atoms with Gasteiger partial charge in [-0.15, -0.1) is 0 Å². The summed E-state index contributed by atoms with van der Waals surface area (Å²) in [4.78, 5) is 12.3. The molecule has 1 atom stereocenters. The Hall–Kier alpha value is -4.18. The average Bonchev–Trinajstić information content (AvgIpc) is 3.29. The lowest BCUT2D eigenvalue weighted by atomic mass is 9.80. The predicted octanol–water partition coefficient (Wildman–Crippen LogP) is 7.89. The summed E-state index contributed by atoms with van der Waals surface area (Å²) >= 11 is 6.11. The Labute approximate surface area is 231 Å². The first-order chi connectivity index (χ1) is 19.0. The number of H-pyrrole nitrogens is 1. The number of rotatable bonds is 9. The van der Waals surface area contributed by atoms with Crippen molar-refractivity contribution in [1.82, 2.24) is 15.0 Å². The molecule has 0 radical (unpaired) electrons. The highest BCUT2D eigenvalue weighted by Gasteiger charge is 2.45. The van der Waals surface area contributed by atoms with Gasteiger partial charge in [0.15, 0.2) is 0 Å². The van der Waals surface area contributed by atoms with Crippen LogP contribution in [0.3, 0.4) is 0 Å². The van der Waals surface area contributed by atoms with Gasteiger partial charge in [-0.2, -0.15) is 17.6 Å². The topological polar surface area (TPSA) is 62.8 Å². The van der Waals surface area contributed by atoms with Gasteiger partial charge in [0.25, 0.3) is 0 Å². The summed E-state index contributed by atoms with van der Waals surface area (Å²) in [6.45, 7) is 1.92. The number of nitrogens with zero attached hydrogens (tertiary/aromatic N) is 2. The summed E-state index contributed by atoms with van der Waals surface area (Å²) < 4.78 is 72.8. The molecule has 0 amide bonds. The monoisotopic (exact) mass is 572 g/mol. The van der Waals surface area contributed by atoms with E-state index in [1.54, 1.807) is 12.1 Å². The van der Waals surface area contributed by atoms with Crippen LogP contribution in [-0.4, -0.2) is 27.5 Å². The third-order valence-electron chi connectivity index (χ3n) is 6.32. The third-order valence-corrected chi connectivity index (χ3v) is 6.54. The van der Waals surface area contributed by atoms with E-state index < -0.39 is 29.6 Å². The maximum atomic E-state index is 15.0. The van der Waals surface area contributed by atoms with E-state index in [1.165, 1.54) is 6.20 Å². The molecule has 0 bridgehead atoms. The van der Waals surface area contributed by atoms with Crippen LogP contribution in [0.2, 0.25) is 5.02 Å². The quantitative estimate of drug-likeness (QED) is 0.176. The molecule has 0 saturated carbocycles. The van der Waals surface area contributed by atoms with Gasteiger partial charge >= 0.3 is 12.5 Å². The van der Waals surface area contributed by atoms with Crippen molar-refractivity contribution >= 4 is 28.6 Å². The third kappa shape index (κ3) is 5.72. The number of fused-ring (bicyclic) bond motifs is 1. The van der Waals surface area contributed by atoms with Crippen molar-refractivity contribution in [3.63, 3.8) is 0 Å². The molecule has 3 aromatic carbocycles. The second-order valence-corrected chi connectivity index (χ2v) is 9.74. The predicted molar refractivity (Wildman–Crippen MR) is 143 cm³/mol. The molecule has 206 valence electrons. The highest BCUT2D eigenvalue weighted by molar-refractivity contribution is 6.30. The Morgan fingerprint density at radius 2 is 1.77 bits per heavy atom. The Morgan fingerprint density at radius 1 is 1.00 bits per heavy atom. The fraction of sp³-hybridized carbons (Fsp3) is 0.172. The average molecular weight is 573 g/mol. The Bertz CT molecular complexity index is 1630. The van der Waals surface area contributed by atoms with E-state index in [-0.39, 0.29) is 17.9 Å². The highest BCUT2D eigenvalue weighted by atomic mass is 35.5. The second-order valence-electron chi connectivity index (χ2n) is 9.30. The summed E-state index contributed by atoms with van der Waals surface area (Å²) in [6.07, 6.45) is -7.45. The first-order valence-corrected chi connectivity index (χ1v) is 12.5. The number of aryl methyl sites for hydroxylation is 1. The van der Waals surface area contributed by atoms with Crippen LogP contribution in [0.5, 0.6) is 5.75 Å². The number of hydrogen-bond donors (Lipinski definition) is 2. The summed E-state index contributed by atoms with van der Waals surface area (Å²) in [5, 5.41) is 3.64. The zero-order valence-electron chi connectivity index (χ0n) is 20.9. The number of halogens is 6. The lowest BCUT2D eigenvalue weighted by Crippen LogP contribution is -2.41. The Kier molecular flexibility index (Phi) is 7.37. The van der Waals surface area contributed by atoms with Crippen molar-refractivity contribution in [3.05, 3.63) is 118 Å². The number of aromatic amines is 1. The van der Waals surface area contributed by atoms with Gasteiger partial charge in [0.05, 0.1) is 21.7 Å². The minimum absolute atomic E-state index is 0.0721. The highest BCUT2D eigenvalue weighted by Crippen LogP contribution is 2.39. The van der Waals surface area contributed by atoms with Crippen molar-refractivity contribution in [1.29, 1.82) is 0 Å². The fourth-order valence-electron chi connectivity index (χ4n) is 4.51. The first kappa shape index (κ1) is 27.4. The SMILES string of the molecule is Cc1ccc2nc(N[C@](Cc3ccccc3)(c3cc(F)cc(OC(F)(F)C(F)F)c3)c3ccc(Cl)cn3)[nH]c2c1. The standard InChI is InChI=1S/C29H22ClF5N4O/c1-17-7-9-23-24(11-17)38-27(37-23)39-28(15-18-5-3-2-4-6-18,25-10-8-20(30)16-36-25)19-12-21(31)14-22(13-19)40-29(34,35)26(32)33/h2-14,16,26H,15H2,1H3,(H2,37,38,39)/t28-/m1/s1. The summed E-state index contributed by atoms with van der Waals surface area (Å²) in [5.41, 5.74) is 2.06. The van der Waals surface area contributed by atoms with Crippen LogP contribution in [0.15, 0.2) is 85.1 Å². The number of alkyl halides is 4. The van der Waals surface area contributed by atoms with Gasteiger partial charge in [0, 0.05) is 18.7 Å². The summed E-state index contributed by atoms with van der Waals surface area (Å²) in [5.74, 6) is -1.49. The smallest absolute Gasteiger partial charge is 0.428 e. The molecule has 40 heavy (non-hydrogen) atoms. The van der Waals surface area contributed by atoms with Crippen molar-refractivity contribution in [2.24, 2.45) is 0 Å². The van der Waals surface area contributed by atoms with Gasteiger partial charge in [0.1, 0.15) is 17.1 Å². The lowest BCUT2D eigenvalue weighted by Gasteiger charge is -2.35. The molecule has 5 nitrogen and oxygen atoms in total. The van der Waals surface area contributed by atoms with Crippen molar-refractivity contribution in [2.75, 3.05) is 5.32 Å². The van der Waals surface area contributed by atoms with E-state index >= 15 is 0 Å². The minimum Gasteiger partial charge on any atom is -0.428 e. The van der Waals surface area contributed by atoms with E-state index in [9.17, 15) is 22.0 Å². The zero-order valence-corrected chi connectivity index (χ0v) is 21.7.